The van der Waals surface area contributed by atoms with E-state index >= 15 is 0 Å². The Hall–Kier alpha value is -1.84. The predicted octanol–water partition coefficient (Wildman–Crippen LogP) is 4.49. The van der Waals surface area contributed by atoms with Crippen LogP contribution in [0.15, 0.2) is 54.1 Å². The molecule has 0 atom stereocenters. The summed E-state index contributed by atoms with van der Waals surface area (Å²) in [5, 5.41) is 12.4. The van der Waals surface area contributed by atoms with Gasteiger partial charge >= 0.3 is 0 Å². The molecule has 0 bridgehead atoms. The van der Waals surface area contributed by atoms with Crippen molar-refractivity contribution in [2.45, 2.75) is 0 Å². The van der Waals surface area contributed by atoms with Gasteiger partial charge in [-0.1, -0.05) is 23.7 Å². The number of halogens is 2. The Balaban J connectivity index is 2.17. The number of carbonyl (C=O) groups is 1. The van der Waals surface area contributed by atoms with Crippen molar-refractivity contribution in [1.82, 2.24) is 0 Å². The van der Waals surface area contributed by atoms with E-state index in [9.17, 15) is 4.79 Å². The molecule has 0 aliphatic heterocycles. The molecule has 0 aliphatic carbocycles. The summed E-state index contributed by atoms with van der Waals surface area (Å²) in [6, 6.07) is 16.2. The Morgan fingerprint density at radius 2 is 1.76 bits per heavy atom. The molecule has 0 spiro atoms. The number of anilines is 1. The van der Waals surface area contributed by atoms with Crippen molar-refractivity contribution >= 4 is 51.9 Å². The first-order chi connectivity index (χ1) is 10.1. The lowest BCUT2D eigenvalue weighted by Crippen LogP contribution is -2.13. The highest BCUT2D eigenvalue weighted by molar-refractivity contribution is 14.1. The van der Waals surface area contributed by atoms with Gasteiger partial charge in [0.2, 0.25) is 0 Å². The second-order valence-corrected chi connectivity index (χ2v) is 5.86. The Bertz CT molecular complexity index is 715. The fourth-order valence-corrected chi connectivity index (χ4v) is 2.09. The maximum atomic E-state index is 12.1. The van der Waals surface area contributed by atoms with E-state index in [0.29, 0.717) is 10.7 Å². The molecule has 0 fully saturated rings. The summed E-state index contributed by atoms with van der Waals surface area (Å²) in [5.74, 6) is -0.436. The summed E-state index contributed by atoms with van der Waals surface area (Å²) in [4.78, 5) is 12.1. The average Bonchev–Trinajstić information content (AvgIpc) is 2.49. The standard InChI is InChI=1S/C16H10ClIN2O/c17-13-3-1-11(2-4-13)9-12(10-19)16(21)20-15-7-5-14(18)6-8-15/h1-9H,(H,20,21)/b12-9+. The summed E-state index contributed by atoms with van der Waals surface area (Å²) in [7, 11) is 0. The van der Waals surface area contributed by atoms with Crippen LogP contribution < -0.4 is 5.32 Å². The van der Waals surface area contributed by atoms with E-state index in [0.717, 1.165) is 9.13 Å². The van der Waals surface area contributed by atoms with Gasteiger partial charge in [-0.15, -0.1) is 0 Å². The number of benzene rings is 2. The zero-order valence-electron chi connectivity index (χ0n) is 10.8. The van der Waals surface area contributed by atoms with Gasteiger partial charge in [-0.25, -0.2) is 0 Å². The van der Waals surface area contributed by atoms with Crippen molar-refractivity contribution in [2.75, 3.05) is 5.32 Å². The van der Waals surface area contributed by atoms with Crippen LogP contribution in [0.4, 0.5) is 5.69 Å². The fourth-order valence-electron chi connectivity index (χ4n) is 1.61. The summed E-state index contributed by atoms with van der Waals surface area (Å²) in [6.45, 7) is 0. The molecule has 5 heteroatoms. The van der Waals surface area contributed by atoms with Crippen LogP contribution in [0.3, 0.4) is 0 Å². The molecule has 2 rings (SSSR count). The number of nitrogens with one attached hydrogen (secondary N) is 1. The minimum atomic E-state index is -0.436. The third-order valence-corrected chi connectivity index (χ3v) is 3.62. The van der Waals surface area contributed by atoms with Crippen LogP contribution >= 0.6 is 34.2 Å². The number of rotatable bonds is 3. The Morgan fingerprint density at radius 3 is 2.33 bits per heavy atom. The van der Waals surface area contributed by atoms with Crippen LogP contribution in [0.25, 0.3) is 6.08 Å². The largest absolute Gasteiger partial charge is 0.321 e. The van der Waals surface area contributed by atoms with Crippen molar-refractivity contribution < 1.29 is 4.79 Å². The molecule has 0 heterocycles. The van der Waals surface area contributed by atoms with E-state index in [1.807, 2.05) is 18.2 Å². The molecular weight excluding hydrogens is 399 g/mol. The Kier molecular flexibility index (Phi) is 5.37. The topological polar surface area (TPSA) is 52.9 Å². The van der Waals surface area contributed by atoms with E-state index in [-0.39, 0.29) is 5.57 Å². The first-order valence-corrected chi connectivity index (χ1v) is 7.48. The predicted molar refractivity (Wildman–Crippen MR) is 92.8 cm³/mol. The van der Waals surface area contributed by atoms with Gasteiger partial charge in [0.1, 0.15) is 11.6 Å². The Morgan fingerprint density at radius 1 is 1.14 bits per heavy atom. The lowest BCUT2D eigenvalue weighted by molar-refractivity contribution is -0.112. The van der Waals surface area contributed by atoms with Gasteiger partial charge in [-0.05, 0) is 70.6 Å². The minimum Gasteiger partial charge on any atom is -0.321 e. The lowest BCUT2D eigenvalue weighted by atomic mass is 10.1. The van der Waals surface area contributed by atoms with E-state index in [1.54, 1.807) is 36.4 Å². The van der Waals surface area contributed by atoms with Gasteiger partial charge in [-0.3, -0.25) is 4.79 Å². The number of nitrogens with zero attached hydrogens (tertiary/aromatic N) is 1. The smallest absolute Gasteiger partial charge is 0.266 e. The molecule has 0 radical (unpaired) electrons. The zero-order valence-corrected chi connectivity index (χ0v) is 13.7. The SMILES string of the molecule is N#C/C(=C\c1ccc(Cl)cc1)C(=O)Nc1ccc(I)cc1. The van der Waals surface area contributed by atoms with Crippen molar-refractivity contribution in [1.29, 1.82) is 5.26 Å². The molecule has 1 N–H and O–H groups in total. The van der Waals surface area contributed by atoms with Crippen molar-refractivity contribution in [3.63, 3.8) is 0 Å². The van der Waals surface area contributed by atoms with Crippen LogP contribution in [-0.4, -0.2) is 5.91 Å². The molecule has 0 saturated carbocycles. The molecule has 0 aromatic heterocycles. The third kappa shape index (κ3) is 4.59. The molecule has 1 amide bonds. The molecular formula is C16H10ClIN2O. The summed E-state index contributed by atoms with van der Waals surface area (Å²) >= 11 is 7.98. The van der Waals surface area contributed by atoms with E-state index in [1.165, 1.54) is 6.08 Å². The van der Waals surface area contributed by atoms with Crippen molar-refractivity contribution in [3.8, 4) is 6.07 Å². The number of carbonyl (C=O) groups excluding carboxylic acids is 1. The molecule has 2 aromatic rings. The highest BCUT2D eigenvalue weighted by atomic mass is 127. The second kappa shape index (κ2) is 7.25. The van der Waals surface area contributed by atoms with E-state index < -0.39 is 5.91 Å². The quantitative estimate of drug-likeness (QED) is 0.462. The van der Waals surface area contributed by atoms with Gasteiger partial charge in [0.15, 0.2) is 0 Å². The molecule has 0 saturated heterocycles. The van der Waals surface area contributed by atoms with Gasteiger partial charge in [0, 0.05) is 14.3 Å². The summed E-state index contributed by atoms with van der Waals surface area (Å²) in [5.41, 5.74) is 1.43. The summed E-state index contributed by atoms with van der Waals surface area (Å²) < 4.78 is 1.07. The van der Waals surface area contributed by atoms with Gasteiger partial charge in [0.05, 0.1) is 0 Å². The van der Waals surface area contributed by atoms with Crippen molar-refractivity contribution in [3.05, 3.63) is 68.3 Å². The van der Waals surface area contributed by atoms with Crippen LogP contribution in [0.5, 0.6) is 0 Å². The number of hydrogen-bond acceptors (Lipinski definition) is 2. The minimum absolute atomic E-state index is 0.0378. The highest BCUT2D eigenvalue weighted by Crippen LogP contribution is 2.15. The summed E-state index contributed by atoms with van der Waals surface area (Å²) in [6.07, 6.45) is 1.53. The maximum absolute atomic E-state index is 12.1. The molecule has 104 valence electrons. The third-order valence-electron chi connectivity index (χ3n) is 2.65. The maximum Gasteiger partial charge on any atom is 0.266 e. The highest BCUT2D eigenvalue weighted by Gasteiger charge is 2.09. The molecule has 21 heavy (non-hydrogen) atoms. The monoisotopic (exact) mass is 408 g/mol. The number of amides is 1. The van der Waals surface area contributed by atoms with Crippen LogP contribution in [0.1, 0.15) is 5.56 Å². The zero-order chi connectivity index (χ0) is 15.2. The normalized spacial score (nSPS) is 10.8. The van der Waals surface area contributed by atoms with Gasteiger partial charge in [0.25, 0.3) is 5.91 Å². The molecule has 0 unspecified atom stereocenters. The van der Waals surface area contributed by atoms with Crippen LogP contribution in [0, 0.1) is 14.9 Å². The lowest BCUT2D eigenvalue weighted by Gasteiger charge is -2.04. The average molecular weight is 409 g/mol. The Labute approximate surface area is 141 Å². The van der Waals surface area contributed by atoms with Gasteiger partial charge < -0.3 is 5.32 Å². The van der Waals surface area contributed by atoms with Gasteiger partial charge in [-0.2, -0.15) is 5.26 Å². The van der Waals surface area contributed by atoms with Crippen LogP contribution in [-0.2, 0) is 4.79 Å². The molecule has 0 aliphatic rings. The number of nitriles is 1. The first kappa shape index (κ1) is 15.5. The molecule has 2 aromatic carbocycles. The molecule has 3 nitrogen and oxygen atoms in total. The van der Waals surface area contributed by atoms with E-state index in [4.69, 9.17) is 16.9 Å². The van der Waals surface area contributed by atoms with Crippen molar-refractivity contribution in [2.24, 2.45) is 0 Å². The van der Waals surface area contributed by atoms with E-state index in [2.05, 4.69) is 27.9 Å². The first-order valence-electron chi connectivity index (χ1n) is 6.03. The number of hydrogen-bond donors (Lipinski definition) is 1. The van der Waals surface area contributed by atoms with Crippen LogP contribution in [0.2, 0.25) is 5.02 Å². The second-order valence-electron chi connectivity index (χ2n) is 4.18. The fraction of sp³-hybridized carbons (Fsp3) is 0.